The van der Waals surface area contributed by atoms with Crippen LogP contribution in [0.1, 0.15) is 36.3 Å². The summed E-state index contributed by atoms with van der Waals surface area (Å²) in [7, 11) is 0. The van der Waals surface area contributed by atoms with Gasteiger partial charge in [-0.15, -0.1) is 0 Å². The fourth-order valence-electron chi connectivity index (χ4n) is 3.27. The van der Waals surface area contributed by atoms with E-state index in [1.807, 2.05) is 0 Å². The van der Waals surface area contributed by atoms with E-state index in [-0.39, 0.29) is 0 Å². The highest BCUT2D eigenvalue weighted by molar-refractivity contribution is 7.99. The highest BCUT2D eigenvalue weighted by Crippen LogP contribution is 2.31. The third-order valence-electron chi connectivity index (χ3n) is 4.34. The van der Waals surface area contributed by atoms with Gasteiger partial charge >= 0.3 is 0 Å². The van der Waals surface area contributed by atoms with Gasteiger partial charge in [0.15, 0.2) is 0 Å². The fraction of sp³-hybridized carbons (Fsp3) is 0.625. The molecule has 0 bridgehead atoms. The number of rotatable bonds is 4. The molecule has 2 unspecified atom stereocenters. The summed E-state index contributed by atoms with van der Waals surface area (Å²) in [4.78, 5) is 0. The summed E-state index contributed by atoms with van der Waals surface area (Å²) in [6.07, 6.45) is 5.43. The van der Waals surface area contributed by atoms with Crippen molar-refractivity contribution in [1.82, 2.24) is 5.32 Å². The molecule has 0 saturated carbocycles. The second kappa shape index (κ2) is 6.12. The Morgan fingerprint density at radius 3 is 3.00 bits per heavy atom. The van der Waals surface area contributed by atoms with Gasteiger partial charge in [0.05, 0.1) is 0 Å². The Morgan fingerprint density at radius 2 is 2.11 bits per heavy atom. The zero-order valence-electron chi connectivity index (χ0n) is 11.0. The molecule has 1 aliphatic carbocycles. The lowest BCUT2D eigenvalue weighted by Crippen LogP contribution is -2.29. The Bertz CT molecular complexity index is 384. The van der Waals surface area contributed by atoms with Crippen molar-refractivity contribution in [3.8, 4) is 0 Å². The van der Waals surface area contributed by atoms with Crippen LogP contribution in [0.3, 0.4) is 0 Å². The molecule has 2 atom stereocenters. The van der Waals surface area contributed by atoms with Crippen LogP contribution in [-0.2, 0) is 6.42 Å². The van der Waals surface area contributed by atoms with Gasteiger partial charge in [0.2, 0.25) is 0 Å². The SMILES string of the molecule is c1ccc2c(c1)CCCC2CNCC1CCSC1. The summed E-state index contributed by atoms with van der Waals surface area (Å²) in [5.74, 6) is 4.42. The summed E-state index contributed by atoms with van der Waals surface area (Å²) in [6, 6.07) is 9.04. The van der Waals surface area contributed by atoms with Crippen LogP contribution in [0.15, 0.2) is 24.3 Å². The van der Waals surface area contributed by atoms with Crippen molar-refractivity contribution in [3.05, 3.63) is 35.4 Å². The van der Waals surface area contributed by atoms with Gasteiger partial charge < -0.3 is 5.32 Å². The molecule has 3 rings (SSSR count). The van der Waals surface area contributed by atoms with Gasteiger partial charge in [-0.3, -0.25) is 0 Å². The largest absolute Gasteiger partial charge is 0.316 e. The number of thioether (sulfide) groups is 1. The van der Waals surface area contributed by atoms with E-state index in [0.717, 1.165) is 11.8 Å². The van der Waals surface area contributed by atoms with Crippen LogP contribution < -0.4 is 5.32 Å². The standard InChI is InChI=1S/C16H23NS/c1-2-7-16-14(4-1)5-3-6-15(16)11-17-10-13-8-9-18-12-13/h1-2,4,7,13,15,17H,3,5-6,8-12H2. The number of fused-ring (bicyclic) bond motifs is 1. The van der Waals surface area contributed by atoms with Gasteiger partial charge in [-0.25, -0.2) is 0 Å². The molecule has 2 heteroatoms. The van der Waals surface area contributed by atoms with Crippen molar-refractivity contribution in [2.45, 2.75) is 31.6 Å². The summed E-state index contributed by atoms with van der Waals surface area (Å²) in [5, 5.41) is 3.72. The van der Waals surface area contributed by atoms with Crippen LogP contribution >= 0.6 is 11.8 Å². The van der Waals surface area contributed by atoms with Gasteiger partial charge in [-0.1, -0.05) is 24.3 Å². The Balaban J connectivity index is 1.54. The quantitative estimate of drug-likeness (QED) is 0.891. The highest BCUT2D eigenvalue weighted by Gasteiger charge is 2.20. The molecule has 1 nitrogen and oxygen atoms in total. The van der Waals surface area contributed by atoms with Crippen molar-refractivity contribution >= 4 is 11.8 Å². The zero-order valence-corrected chi connectivity index (χ0v) is 11.8. The molecule has 0 aromatic heterocycles. The molecular formula is C16H23NS. The molecule has 0 radical (unpaired) electrons. The molecule has 1 aromatic carbocycles. The van der Waals surface area contributed by atoms with Crippen LogP contribution in [0.25, 0.3) is 0 Å². The van der Waals surface area contributed by atoms with Crippen LogP contribution in [0, 0.1) is 5.92 Å². The first kappa shape index (κ1) is 12.6. The minimum Gasteiger partial charge on any atom is -0.316 e. The molecule has 1 saturated heterocycles. The van der Waals surface area contributed by atoms with E-state index in [1.165, 1.54) is 50.3 Å². The van der Waals surface area contributed by atoms with Crippen molar-refractivity contribution < 1.29 is 0 Å². The minimum atomic E-state index is 0.754. The van der Waals surface area contributed by atoms with E-state index in [9.17, 15) is 0 Å². The Labute approximate surface area is 115 Å². The highest BCUT2D eigenvalue weighted by atomic mass is 32.2. The molecule has 98 valence electrons. The predicted molar refractivity (Wildman–Crippen MR) is 80.4 cm³/mol. The minimum absolute atomic E-state index is 0.754. The lowest BCUT2D eigenvalue weighted by Gasteiger charge is -2.26. The number of aryl methyl sites for hydroxylation is 1. The van der Waals surface area contributed by atoms with Gasteiger partial charge in [0.1, 0.15) is 0 Å². The van der Waals surface area contributed by atoms with Gasteiger partial charge in [0, 0.05) is 6.54 Å². The van der Waals surface area contributed by atoms with Crippen molar-refractivity contribution in [2.75, 3.05) is 24.6 Å². The van der Waals surface area contributed by atoms with Crippen LogP contribution in [0.2, 0.25) is 0 Å². The van der Waals surface area contributed by atoms with E-state index in [1.54, 1.807) is 11.1 Å². The lowest BCUT2D eigenvalue weighted by atomic mass is 9.83. The van der Waals surface area contributed by atoms with E-state index in [4.69, 9.17) is 0 Å². The monoisotopic (exact) mass is 261 g/mol. The molecule has 2 aliphatic rings. The van der Waals surface area contributed by atoms with E-state index in [2.05, 4.69) is 41.3 Å². The van der Waals surface area contributed by atoms with E-state index < -0.39 is 0 Å². The van der Waals surface area contributed by atoms with Crippen molar-refractivity contribution in [2.24, 2.45) is 5.92 Å². The molecule has 18 heavy (non-hydrogen) atoms. The third kappa shape index (κ3) is 2.92. The lowest BCUT2D eigenvalue weighted by molar-refractivity contribution is 0.466. The van der Waals surface area contributed by atoms with Crippen LogP contribution in [0.5, 0.6) is 0 Å². The molecule has 1 N–H and O–H groups in total. The number of hydrogen-bond acceptors (Lipinski definition) is 2. The normalized spacial score (nSPS) is 27.1. The van der Waals surface area contributed by atoms with E-state index >= 15 is 0 Å². The first-order chi connectivity index (χ1) is 8.93. The maximum absolute atomic E-state index is 3.72. The Kier molecular flexibility index (Phi) is 4.27. The summed E-state index contributed by atoms with van der Waals surface area (Å²) in [6.45, 7) is 2.41. The number of hydrogen-bond donors (Lipinski definition) is 1. The zero-order chi connectivity index (χ0) is 12.2. The fourth-order valence-corrected chi connectivity index (χ4v) is 4.56. The van der Waals surface area contributed by atoms with Gasteiger partial charge in [-0.05, 0) is 66.7 Å². The van der Waals surface area contributed by atoms with Gasteiger partial charge in [0.25, 0.3) is 0 Å². The maximum atomic E-state index is 3.72. The van der Waals surface area contributed by atoms with Crippen LogP contribution in [0.4, 0.5) is 0 Å². The predicted octanol–water partition coefficient (Wildman–Crippen LogP) is 3.45. The molecule has 1 fully saturated rings. The Hall–Kier alpha value is -0.470. The molecule has 0 spiro atoms. The average molecular weight is 261 g/mol. The smallest absolute Gasteiger partial charge is 0.00203 e. The molecular weight excluding hydrogens is 238 g/mol. The molecule has 1 heterocycles. The van der Waals surface area contributed by atoms with Crippen molar-refractivity contribution in [1.29, 1.82) is 0 Å². The summed E-state index contributed by atoms with van der Waals surface area (Å²) in [5.41, 5.74) is 3.20. The van der Waals surface area contributed by atoms with Crippen molar-refractivity contribution in [3.63, 3.8) is 0 Å². The van der Waals surface area contributed by atoms with Crippen LogP contribution in [-0.4, -0.2) is 24.6 Å². The molecule has 0 amide bonds. The number of nitrogens with one attached hydrogen (secondary N) is 1. The topological polar surface area (TPSA) is 12.0 Å². The number of benzene rings is 1. The first-order valence-electron chi connectivity index (χ1n) is 7.30. The first-order valence-corrected chi connectivity index (χ1v) is 8.45. The molecule has 1 aromatic rings. The maximum Gasteiger partial charge on any atom is 0.00203 e. The second-order valence-corrected chi connectivity index (χ2v) is 6.83. The third-order valence-corrected chi connectivity index (χ3v) is 5.57. The van der Waals surface area contributed by atoms with Gasteiger partial charge in [-0.2, -0.15) is 11.8 Å². The summed E-state index contributed by atoms with van der Waals surface area (Å²) >= 11 is 2.12. The summed E-state index contributed by atoms with van der Waals surface area (Å²) < 4.78 is 0. The second-order valence-electron chi connectivity index (χ2n) is 5.68. The average Bonchev–Trinajstić information content (AvgIpc) is 2.92. The molecule has 1 aliphatic heterocycles. The Morgan fingerprint density at radius 1 is 1.17 bits per heavy atom. The van der Waals surface area contributed by atoms with E-state index in [0.29, 0.717) is 0 Å².